The summed E-state index contributed by atoms with van der Waals surface area (Å²) in [4.78, 5) is 15.0. The van der Waals surface area contributed by atoms with E-state index in [4.69, 9.17) is 10.5 Å². The Balaban J connectivity index is 1.93. The van der Waals surface area contributed by atoms with Crippen LogP contribution in [0.3, 0.4) is 0 Å². The second-order valence-corrected chi connectivity index (χ2v) is 6.56. The lowest BCUT2D eigenvalue weighted by atomic mass is 10.1. The highest BCUT2D eigenvalue weighted by Gasteiger charge is 2.35. The number of β-amino-alcohol motifs (C(OH)–C–C–N with tert-alkyl or cyclic N) is 1. The van der Waals surface area contributed by atoms with Gasteiger partial charge in [-0.15, -0.1) is 11.3 Å². The van der Waals surface area contributed by atoms with Gasteiger partial charge in [0.1, 0.15) is 5.00 Å². The van der Waals surface area contributed by atoms with Crippen LogP contribution in [-0.2, 0) is 0 Å². The number of ether oxygens (including phenoxy) is 1. The van der Waals surface area contributed by atoms with Crippen LogP contribution in [0.15, 0.2) is 0 Å². The lowest BCUT2D eigenvalue weighted by molar-refractivity contribution is 0.0972. The molecule has 2 fully saturated rings. The van der Waals surface area contributed by atoms with Crippen LogP contribution in [0.5, 0.6) is 5.75 Å². The monoisotopic (exact) mass is 296 g/mol. The number of aliphatic hydroxyl groups is 1. The molecule has 1 saturated heterocycles. The van der Waals surface area contributed by atoms with Crippen LogP contribution >= 0.6 is 11.3 Å². The molecule has 1 saturated carbocycles. The number of thiophene rings is 1. The van der Waals surface area contributed by atoms with Crippen molar-refractivity contribution in [2.45, 2.75) is 31.8 Å². The second-order valence-electron chi connectivity index (χ2n) is 5.56. The summed E-state index contributed by atoms with van der Waals surface area (Å²) in [6, 6.07) is 0. The Bertz CT molecular complexity index is 525. The molecular formula is C14H20N2O3S. The first kappa shape index (κ1) is 13.7. The van der Waals surface area contributed by atoms with Crippen molar-refractivity contribution in [1.82, 2.24) is 0 Å². The zero-order chi connectivity index (χ0) is 14.3. The minimum atomic E-state index is -0.320. The van der Waals surface area contributed by atoms with E-state index in [9.17, 15) is 9.90 Å². The molecule has 110 valence electrons. The largest absolute Gasteiger partial charge is 0.492 e. The molecule has 1 unspecified atom stereocenters. The summed E-state index contributed by atoms with van der Waals surface area (Å²) in [7, 11) is 1.58. The van der Waals surface area contributed by atoms with Crippen LogP contribution in [0.2, 0.25) is 0 Å². The van der Waals surface area contributed by atoms with Gasteiger partial charge < -0.3 is 20.5 Å². The Hall–Kier alpha value is -1.27. The SMILES string of the molecule is COc1c(N2CCCC(O)C2)sc(C(=O)C2CC2)c1N. The van der Waals surface area contributed by atoms with Crippen molar-refractivity contribution in [3.63, 3.8) is 0 Å². The molecule has 1 aromatic heterocycles. The molecule has 5 nitrogen and oxygen atoms in total. The second kappa shape index (κ2) is 5.26. The summed E-state index contributed by atoms with van der Waals surface area (Å²) in [6.45, 7) is 1.44. The molecule has 0 bridgehead atoms. The number of hydrogen-bond donors (Lipinski definition) is 2. The van der Waals surface area contributed by atoms with E-state index >= 15 is 0 Å². The fraction of sp³-hybridized carbons (Fsp3) is 0.643. The number of aliphatic hydroxyl groups excluding tert-OH is 1. The number of carbonyl (C=O) groups is 1. The average Bonchev–Trinajstić information content (AvgIpc) is 3.22. The molecule has 1 aliphatic heterocycles. The maximum absolute atomic E-state index is 12.3. The van der Waals surface area contributed by atoms with Crippen molar-refractivity contribution in [1.29, 1.82) is 0 Å². The van der Waals surface area contributed by atoms with E-state index in [1.165, 1.54) is 11.3 Å². The minimum absolute atomic E-state index is 0.148. The van der Waals surface area contributed by atoms with E-state index < -0.39 is 0 Å². The smallest absolute Gasteiger partial charge is 0.178 e. The summed E-state index contributed by atoms with van der Waals surface area (Å²) in [6.07, 6.45) is 3.38. The van der Waals surface area contributed by atoms with Crippen molar-refractivity contribution in [2.24, 2.45) is 5.92 Å². The number of methoxy groups -OCH3 is 1. The number of nitrogen functional groups attached to an aromatic ring is 1. The first-order valence-corrected chi connectivity index (χ1v) is 7.87. The molecule has 2 aliphatic rings. The van der Waals surface area contributed by atoms with Gasteiger partial charge in [0.25, 0.3) is 0 Å². The predicted molar refractivity (Wildman–Crippen MR) is 79.8 cm³/mol. The van der Waals surface area contributed by atoms with E-state index in [2.05, 4.69) is 4.90 Å². The fourth-order valence-corrected chi connectivity index (χ4v) is 3.92. The molecule has 0 spiro atoms. The van der Waals surface area contributed by atoms with Crippen LogP contribution in [0.1, 0.15) is 35.4 Å². The van der Waals surface area contributed by atoms with Crippen molar-refractivity contribution in [2.75, 3.05) is 30.8 Å². The normalized spacial score (nSPS) is 22.9. The third kappa shape index (κ3) is 2.38. The fourth-order valence-electron chi connectivity index (χ4n) is 2.67. The quantitative estimate of drug-likeness (QED) is 0.830. The number of Topliss-reactive ketones (excluding diaryl/α,β-unsaturated/α-hetero) is 1. The van der Waals surface area contributed by atoms with E-state index in [1.807, 2.05) is 0 Å². The summed E-state index contributed by atoms with van der Waals surface area (Å²) < 4.78 is 5.41. The molecule has 20 heavy (non-hydrogen) atoms. The van der Waals surface area contributed by atoms with Crippen LogP contribution < -0.4 is 15.4 Å². The van der Waals surface area contributed by atoms with Gasteiger partial charge in [0.05, 0.1) is 23.8 Å². The standard InChI is InChI=1S/C14H20N2O3S/c1-19-12-10(15)13(11(18)8-4-5-8)20-14(12)16-6-2-3-9(17)7-16/h8-9,17H,2-7,15H2,1H3. The number of ketones is 1. The molecule has 0 radical (unpaired) electrons. The Morgan fingerprint density at radius 3 is 2.80 bits per heavy atom. The number of nitrogens with zero attached hydrogens (tertiary/aromatic N) is 1. The zero-order valence-corrected chi connectivity index (χ0v) is 12.4. The summed E-state index contributed by atoms with van der Waals surface area (Å²) in [5, 5.41) is 10.7. The van der Waals surface area contributed by atoms with Gasteiger partial charge in [-0.2, -0.15) is 0 Å². The lowest BCUT2D eigenvalue weighted by Crippen LogP contribution is -2.37. The van der Waals surface area contributed by atoms with E-state index in [0.29, 0.717) is 22.9 Å². The number of rotatable bonds is 4. The lowest BCUT2D eigenvalue weighted by Gasteiger charge is -2.31. The third-order valence-corrected chi connectivity index (χ3v) is 5.20. The molecule has 2 heterocycles. The summed E-state index contributed by atoms with van der Waals surface area (Å²) >= 11 is 1.41. The molecule has 1 atom stereocenters. The van der Waals surface area contributed by atoms with Crippen LogP contribution in [0, 0.1) is 5.92 Å². The number of hydrogen-bond acceptors (Lipinski definition) is 6. The van der Waals surface area contributed by atoms with E-state index in [-0.39, 0.29) is 17.8 Å². The van der Waals surface area contributed by atoms with Crippen molar-refractivity contribution in [3.05, 3.63) is 4.88 Å². The Kier molecular flexibility index (Phi) is 3.60. The highest BCUT2D eigenvalue weighted by molar-refractivity contribution is 7.19. The minimum Gasteiger partial charge on any atom is -0.492 e. The number of piperidine rings is 1. The van der Waals surface area contributed by atoms with Gasteiger partial charge >= 0.3 is 0 Å². The van der Waals surface area contributed by atoms with Gasteiger partial charge in [-0.05, 0) is 25.7 Å². The van der Waals surface area contributed by atoms with Gasteiger partial charge in [-0.3, -0.25) is 4.79 Å². The van der Waals surface area contributed by atoms with Gasteiger partial charge in [-0.1, -0.05) is 0 Å². The maximum Gasteiger partial charge on any atom is 0.178 e. The molecule has 0 aromatic carbocycles. The number of carbonyl (C=O) groups excluding carboxylic acids is 1. The molecule has 3 N–H and O–H groups in total. The van der Waals surface area contributed by atoms with Crippen molar-refractivity contribution in [3.8, 4) is 5.75 Å². The van der Waals surface area contributed by atoms with Crippen LogP contribution in [-0.4, -0.2) is 37.2 Å². The molecule has 1 aromatic rings. The number of anilines is 2. The average molecular weight is 296 g/mol. The summed E-state index contributed by atoms with van der Waals surface area (Å²) in [5.41, 5.74) is 6.56. The Morgan fingerprint density at radius 1 is 1.45 bits per heavy atom. The van der Waals surface area contributed by atoms with Crippen molar-refractivity contribution >= 4 is 27.8 Å². The third-order valence-electron chi connectivity index (χ3n) is 3.94. The number of nitrogens with two attached hydrogens (primary N) is 1. The molecule has 3 rings (SSSR count). The topological polar surface area (TPSA) is 75.8 Å². The first-order valence-electron chi connectivity index (χ1n) is 7.05. The zero-order valence-electron chi connectivity index (χ0n) is 11.6. The summed E-state index contributed by atoms with van der Waals surface area (Å²) in [5.74, 6) is 0.892. The Labute approximate surface area is 122 Å². The first-order chi connectivity index (χ1) is 9.61. The van der Waals surface area contributed by atoms with Crippen molar-refractivity contribution < 1.29 is 14.6 Å². The highest BCUT2D eigenvalue weighted by Crippen LogP contribution is 2.48. The van der Waals surface area contributed by atoms with E-state index in [1.54, 1.807) is 7.11 Å². The molecule has 1 aliphatic carbocycles. The van der Waals surface area contributed by atoms with Gasteiger partial charge in [0, 0.05) is 19.0 Å². The van der Waals surface area contributed by atoms with Crippen LogP contribution in [0.4, 0.5) is 10.7 Å². The molecule has 0 amide bonds. The predicted octanol–water partition coefficient (Wildman–Crippen LogP) is 1.89. The van der Waals surface area contributed by atoms with Gasteiger partial charge in [0.2, 0.25) is 0 Å². The van der Waals surface area contributed by atoms with Crippen LogP contribution in [0.25, 0.3) is 0 Å². The Morgan fingerprint density at radius 2 is 2.20 bits per heavy atom. The van der Waals surface area contributed by atoms with Gasteiger partial charge in [-0.25, -0.2) is 0 Å². The molecule has 6 heteroatoms. The maximum atomic E-state index is 12.3. The van der Waals surface area contributed by atoms with Gasteiger partial charge in [0.15, 0.2) is 11.5 Å². The molecular weight excluding hydrogens is 276 g/mol. The van der Waals surface area contributed by atoms with E-state index in [0.717, 1.165) is 37.2 Å². The highest BCUT2D eigenvalue weighted by atomic mass is 32.1.